The summed E-state index contributed by atoms with van der Waals surface area (Å²) in [6, 6.07) is 0. The Labute approximate surface area is 163 Å². The topological polar surface area (TPSA) is 9.23 Å². The van der Waals surface area contributed by atoms with Crippen molar-refractivity contribution in [2.75, 3.05) is 11.9 Å². The lowest BCUT2D eigenvalue weighted by Crippen LogP contribution is -2.40. The van der Waals surface area contributed by atoms with Gasteiger partial charge in [-0.3, -0.25) is 0 Å². The summed E-state index contributed by atoms with van der Waals surface area (Å²) in [5.41, 5.74) is 0. The predicted octanol–water partition coefficient (Wildman–Crippen LogP) is 8.47. The second-order valence-corrected chi connectivity index (χ2v) is 14.5. The third-order valence-corrected chi connectivity index (χ3v) is 10.6. The van der Waals surface area contributed by atoms with Gasteiger partial charge in [0.15, 0.2) is 8.32 Å². The molecule has 1 nitrogen and oxygen atoms in total. The molecule has 0 aromatic rings. The minimum absolute atomic E-state index is 0.348. The lowest BCUT2D eigenvalue weighted by Gasteiger charge is -2.36. The van der Waals surface area contributed by atoms with Crippen molar-refractivity contribution in [2.45, 2.75) is 122 Å². The zero-order chi connectivity index (χ0) is 18.3. The van der Waals surface area contributed by atoms with Gasteiger partial charge in [0.1, 0.15) is 0 Å². The molecule has 0 aliphatic heterocycles. The highest BCUT2D eigenvalue weighted by Crippen LogP contribution is 2.36. The lowest BCUT2D eigenvalue weighted by atomic mass is 10.0. The summed E-state index contributed by atoms with van der Waals surface area (Å²) in [6.45, 7) is 12.7. The second kappa shape index (κ2) is 14.8. The maximum Gasteiger partial charge on any atom is 0.191 e. The molecule has 0 spiro atoms. The van der Waals surface area contributed by atoms with E-state index in [2.05, 4.69) is 49.8 Å². The smallest absolute Gasteiger partial charge is 0.191 e. The Kier molecular flexibility index (Phi) is 15.2. The Morgan fingerprint density at radius 1 is 0.625 bits per heavy atom. The van der Waals surface area contributed by atoms with Crippen LogP contribution in [0.15, 0.2) is 0 Å². The lowest BCUT2D eigenvalue weighted by molar-refractivity contribution is 0.277. The minimum Gasteiger partial charge on any atom is -0.417 e. The van der Waals surface area contributed by atoms with Crippen LogP contribution in [0.1, 0.15) is 104 Å². The first-order valence-corrected chi connectivity index (χ1v) is 14.5. The summed E-state index contributed by atoms with van der Waals surface area (Å²) in [5.74, 6) is 0. The zero-order valence-electron chi connectivity index (χ0n) is 17.4. The van der Waals surface area contributed by atoms with Gasteiger partial charge >= 0.3 is 0 Å². The van der Waals surface area contributed by atoms with Gasteiger partial charge < -0.3 is 4.43 Å². The quantitative estimate of drug-likeness (QED) is 0.138. The molecule has 0 saturated carbocycles. The molecule has 0 rings (SSSR count). The van der Waals surface area contributed by atoms with Gasteiger partial charge in [0.2, 0.25) is 0 Å². The summed E-state index contributed by atoms with van der Waals surface area (Å²) in [4.78, 5) is 0. The molecule has 0 aromatic carbocycles. The minimum atomic E-state index is -1.51. The van der Waals surface area contributed by atoms with E-state index < -0.39 is 8.32 Å². The highest BCUT2D eigenvalue weighted by atomic mass is 79.9. The molecule has 0 amide bonds. The van der Waals surface area contributed by atoms with Crippen LogP contribution in [0.4, 0.5) is 0 Å². The molecular formula is C21H45BrOSi. The maximum atomic E-state index is 6.24. The normalized spacial score (nSPS) is 12.8. The molecule has 0 aliphatic carbocycles. The van der Waals surface area contributed by atoms with E-state index in [4.69, 9.17) is 4.43 Å². The van der Waals surface area contributed by atoms with Gasteiger partial charge in [0.25, 0.3) is 0 Å². The van der Waals surface area contributed by atoms with Crippen molar-refractivity contribution in [2.24, 2.45) is 0 Å². The Morgan fingerprint density at radius 3 is 1.29 bits per heavy atom. The molecule has 0 aliphatic rings. The van der Waals surface area contributed by atoms with Crippen LogP contribution in [-0.4, -0.2) is 20.3 Å². The van der Waals surface area contributed by atoms with Crippen molar-refractivity contribution >= 4 is 24.2 Å². The van der Waals surface area contributed by atoms with Crippen LogP contribution in [0.3, 0.4) is 0 Å². The average molecular weight is 422 g/mol. The first kappa shape index (κ1) is 24.7. The van der Waals surface area contributed by atoms with E-state index in [9.17, 15) is 0 Å². The molecule has 0 saturated heterocycles. The van der Waals surface area contributed by atoms with Gasteiger partial charge in [-0.25, -0.2) is 0 Å². The first-order valence-electron chi connectivity index (χ1n) is 10.5. The van der Waals surface area contributed by atoms with E-state index in [1.54, 1.807) is 0 Å². The fourth-order valence-electron chi connectivity index (χ4n) is 2.68. The van der Waals surface area contributed by atoms with E-state index in [0.29, 0.717) is 5.04 Å². The molecule has 0 radical (unpaired) electrons. The number of hydrogen-bond acceptors (Lipinski definition) is 1. The van der Waals surface area contributed by atoms with E-state index in [-0.39, 0.29) is 0 Å². The third-order valence-electron chi connectivity index (χ3n) is 5.55. The van der Waals surface area contributed by atoms with Crippen molar-refractivity contribution in [1.82, 2.24) is 0 Å². The first-order chi connectivity index (χ1) is 11.3. The number of alkyl halides is 1. The molecular weight excluding hydrogens is 376 g/mol. The Hall–Kier alpha value is 0.657. The van der Waals surface area contributed by atoms with Crippen molar-refractivity contribution in [3.8, 4) is 0 Å². The number of hydrogen-bond donors (Lipinski definition) is 0. The van der Waals surface area contributed by atoms with Gasteiger partial charge in [-0.2, -0.15) is 0 Å². The molecule has 146 valence electrons. The van der Waals surface area contributed by atoms with Gasteiger partial charge in [0, 0.05) is 11.9 Å². The highest BCUT2D eigenvalue weighted by molar-refractivity contribution is 9.09. The zero-order valence-corrected chi connectivity index (χ0v) is 20.0. The van der Waals surface area contributed by atoms with Gasteiger partial charge in [0.05, 0.1) is 0 Å². The number of rotatable bonds is 16. The number of unbranched alkanes of at least 4 members (excludes halogenated alkanes) is 12. The van der Waals surface area contributed by atoms with Crippen LogP contribution in [0.2, 0.25) is 18.1 Å². The van der Waals surface area contributed by atoms with E-state index >= 15 is 0 Å². The second-order valence-electron chi connectivity index (χ2n) is 8.89. The van der Waals surface area contributed by atoms with E-state index in [1.165, 1.54) is 88.8 Å². The van der Waals surface area contributed by atoms with Crippen LogP contribution in [-0.2, 0) is 4.43 Å². The largest absolute Gasteiger partial charge is 0.417 e. The fourth-order valence-corrected chi connectivity index (χ4v) is 4.17. The maximum absolute atomic E-state index is 6.24. The summed E-state index contributed by atoms with van der Waals surface area (Å²) in [7, 11) is -1.51. The van der Waals surface area contributed by atoms with Crippen molar-refractivity contribution in [1.29, 1.82) is 0 Å². The summed E-state index contributed by atoms with van der Waals surface area (Å²) >= 11 is 3.50. The molecule has 0 aromatic heterocycles. The Balaban J connectivity index is 3.24. The van der Waals surface area contributed by atoms with Gasteiger partial charge in [-0.15, -0.1) is 0 Å². The molecule has 24 heavy (non-hydrogen) atoms. The van der Waals surface area contributed by atoms with Crippen LogP contribution in [0.5, 0.6) is 0 Å². The van der Waals surface area contributed by atoms with Crippen LogP contribution in [0, 0.1) is 0 Å². The molecule has 0 unspecified atom stereocenters. The molecule has 0 atom stereocenters. The summed E-state index contributed by atoms with van der Waals surface area (Å²) < 4.78 is 6.24. The molecule has 3 heteroatoms. The fraction of sp³-hybridized carbons (Fsp3) is 1.00. The SMILES string of the molecule is CC(C)(C)[Si](C)(C)OCCCCCCCCCCCCCCCBr. The van der Waals surface area contributed by atoms with Gasteiger partial charge in [-0.1, -0.05) is 107 Å². The van der Waals surface area contributed by atoms with Crippen LogP contribution in [0.25, 0.3) is 0 Å². The van der Waals surface area contributed by atoms with Crippen LogP contribution < -0.4 is 0 Å². The van der Waals surface area contributed by atoms with E-state index in [1.807, 2.05) is 0 Å². The van der Waals surface area contributed by atoms with Crippen molar-refractivity contribution in [3.05, 3.63) is 0 Å². The Bertz CT molecular complexity index is 274. The number of halogens is 1. The van der Waals surface area contributed by atoms with Crippen LogP contribution >= 0.6 is 15.9 Å². The molecule has 0 bridgehead atoms. The summed E-state index contributed by atoms with van der Waals surface area (Å²) in [5, 5.41) is 1.52. The van der Waals surface area contributed by atoms with E-state index in [0.717, 1.165) is 6.61 Å². The van der Waals surface area contributed by atoms with Crippen molar-refractivity contribution < 1.29 is 4.43 Å². The third kappa shape index (κ3) is 13.9. The molecule has 0 heterocycles. The van der Waals surface area contributed by atoms with Gasteiger partial charge in [-0.05, 0) is 31.0 Å². The predicted molar refractivity (Wildman–Crippen MR) is 117 cm³/mol. The monoisotopic (exact) mass is 420 g/mol. The average Bonchev–Trinajstić information content (AvgIpc) is 2.50. The Morgan fingerprint density at radius 2 is 0.958 bits per heavy atom. The standard InChI is InChI=1S/C21H45BrOSi/c1-21(2,3)24(4,5)23-20-18-16-14-12-10-8-6-7-9-11-13-15-17-19-22/h6-20H2,1-5H3. The van der Waals surface area contributed by atoms with Crippen molar-refractivity contribution in [3.63, 3.8) is 0 Å². The molecule has 0 N–H and O–H groups in total. The summed E-state index contributed by atoms with van der Waals surface area (Å²) in [6.07, 6.45) is 18.3. The highest BCUT2D eigenvalue weighted by Gasteiger charge is 2.36. The molecule has 0 fully saturated rings.